The minimum Gasteiger partial charge on any atom is -0.460 e. The Morgan fingerprint density at radius 3 is 2.76 bits per heavy atom. The molecule has 5 nitrogen and oxygen atoms in total. The molecule has 0 aliphatic rings. The number of hydrogen-bond acceptors (Lipinski definition) is 5. The molecular formula is C8H9F3N2O3S. The summed E-state index contributed by atoms with van der Waals surface area (Å²) in [5, 5.41) is 0.719. The first-order valence-electron chi connectivity index (χ1n) is 4.31. The number of rotatable bonds is 4. The van der Waals surface area contributed by atoms with Crippen molar-refractivity contribution >= 4 is 17.2 Å². The molecule has 1 amide bonds. The van der Waals surface area contributed by atoms with E-state index in [4.69, 9.17) is 0 Å². The van der Waals surface area contributed by atoms with Crippen molar-refractivity contribution in [3.8, 4) is 5.19 Å². The molecular weight excluding hydrogens is 261 g/mol. The Bertz CT molecular complexity index is 394. The fraction of sp³-hybridized carbons (Fsp3) is 0.500. The van der Waals surface area contributed by atoms with E-state index < -0.39 is 18.7 Å². The Kier molecular flexibility index (Phi) is 4.29. The van der Waals surface area contributed by atoms with Gasteiger partial charge >= 0.3 is 6.18 Å². The van der Waals surface area contributed by atoms with Crippen LogP contribution in [-0.2, 0) is 4.84 Å². The van der Waals surface area contributed by atoms with Gasteiger partial charge in [0.2, 0.25) is 0 Å². The topological polar surface area (TPSA) is 51.7 Å². The second-order valence-electron chi connectivity index (χ2n) is 2.88. The first-order valence-corrected chi connectivity index (χ1v) is 5.12. The summed E-state index contributed by atoms with van der Waals surface area (Å²) < 4.78 is 39.9. The molecule has 0 bridgehead atoms. The molecule has 1 aromatic rings. The SMILES string of the molecule is CON(C)C(=O)c1cnc(OCC(F)(F)F)s1. The maximum atomic E-state index is 11.8. The number of carbonyl (C=O) groups excluding carboxylic acids is 1. The highest BCUT2D eigenvalue weighted by Gasteiger charge is 2.29. The van der Waals surface area contributed by atoms with Gasteiger partial charge in [0.05, 0.1) is 13.3 Å². The molecule has 0 spiro atoms. The number of hydrogen-bond donors (Lipinski definition) is 0. The number of carbonyl (C=O) groups is 1. The van der Waals surface area contributed by atoms with Crippen LogP contribution >= 0.6 is 11.3 Å². The Morgan fingerprint density at radius 1 is 1.59 bits per heavy atom. The van der Waals surface area contributed by atoms with Gasteiger partial charge in [-0.3, -0.25) is 9.63 Å². The van der Waals surface area contributed by atoms with E-state index in [9.17, 15) is 18.0 Å². The number of halogens is 3. The first-order chi connectivity index (χ1) is 7.83. The summed E-state index contributed by atoms with van der Waals surface area (Å²) in [5.74, 6) is -0.508. The lowest BCUT2D eigenvalue weighted by molar-refractivity contribution is -0.153. The minimum atomic E-state index is -4.43. The van der Waals surface area contributed by atoms with Gasteiger partial charge < -0.3 is 4.74 Å². The van der Waals surface area contributed by atoms with Gasteiger partial charge in [0.25, 0.3) is 11.1 Å². The number of amides is 1. The maximum Gasteiger partial charge on any atom is 0.422 e. The maximum absolute atomic E-state index is 11.8. The summed E-state index contributed by atoms with van der Waals surface area (Å²) >= 11 is 0.721. The predicted molar refractivity (Wildman–Crippen MR) is 52.8 cm³/mol. The van der Waals surface area contributed by atoms with Crippen LogP contribution in [0.4, 0.5) is 13.2 Å². The molecule has 0 atom stereocenters. The van der Waals surface area contributed by atoms with Gasteiger partial charge in [-0.05, 0) is 0 Å². The summed E-state index contributed by atoms with van der Waals surface area (Å²) in [6.07, 6.45) is -3.30. The first kappa shape index (κ1) is 13.7. The number of ether oxygens (including phenoxy) is 1. The molecule has 1 heterocycles. The number of alkyl halides is 3. The molecule has 0 saturated carbocycles. The summed E-state index contributed by atoms with van der Waals surface area (Å²) in [6.45, 7) is -1.44. The van der Waals surface area contributed by atoms with E-state index in [1.165, 1.54) is 14.2 Å². The number of aromatic nitrogens is 1. The predicted octanol–water partition coefficient (Wildman–Crippen LogP) is 1.72. The number of nitrogens with zero attached hydrogens (tertiary/aromatic N) is 2. The third kappa shape index (κ3) is 4.19. The van der Waals surface area contributed by atoms with E-state index in [0.29, 0.717) is 0 Å². The Balaban J connectivity index is 2.62. The van der Waals surface area contributed by atoms with E-state index in [1.54, 1.807) is 0 Å². The zero-order chi connectivity index (χ0) is 13.1. The Hall–Kier alpha value is -1.35. The molecule has 0 fully saturated rings. The molecule has 96 valence electrons. The van der Waals surface area contributed by atoms with Crippen LogP contribution in [0.1, 0.15) is 9.67 Å². The van der Waals surface area contributed by atoms with Crippen LogP contribution in [0, 0.1) is 0 Å². The molecule has 0 radical (unpaired) electrons. The zero-order valence-corrected chi connectivity index (χ0v) is 9.76. The van der Waals surface area contributed by atoms with Crippen LogP contribution in [0.5, 0.6) is 5.19 Å². The lowest BCUT2D eigenvalue weighted by Crippen LogP contribution is -2.24. The van der Waals surface area contributed by atoms with Gasteiger partial charge in [-0.2, -0.15) is 13.2 Å². The molecule has 0 aromatic carbocycles. The van der Waals surface area contributed by atoms with Gasteiger partial charge in [-0.15, -0.1) is 0 Å². The molecule has 1 aromatic heterocycles. The highest BCUT2D eigenvalue weighted by atomic mass is 32.1. The monoisotopic (exact) mass is 270 g/mol. The highest BCUT2D eigenvalue weighted by Crippen LogP contribution is 2.24. The standard InChI is InChI=1S/C8H9F3N2O3S/c1-13(15-2)6(14)5-3-12-7(17-5)16-4-8(9,10)11/h3H,4H2,1-2H3. The fourth-order valence-corrected chi connectivity index (χ4v) is 1.54. The Morgan fingerprint density at radius 2 is 2.24 bits per heavy atom. The summed E-state index contributed by atoms with van der Waals surface area (Å²) in [6, 6.07) is 0. The van der Waals surface area contributed by atoms with Gasteiger partial charge in [0.15, 0.2) is 6.61 Å². The van der Waals surface area contributed by atoms with Crippen LogP contribution < -0.4 is 4.74 Å². The molecule has 0 unspecified atom stereocenters. The lowest BCUT2D eigenvalue weighted by atomic mass is 10.5. The minimum absolute atomic E-state index is 0.131. The molecule has 0 saturated heterocycles. The van der Waals surface area contributed by atoms with E-state index in [1.807, 2.05) is 0 Å². The van der Waals surface area contributed by atoms with Gasteiger partial charge in [0, 0.05) is 7.05 Å². The number of hydroxylamine groups is 2. The van der Waals surface area contributed by atoms with Crippen molar-refractivity contribution in [1.82, 2.24) is 10.0 Å². The smallest absolute Gasteiger partial charge is 0.422 e. The zero-order valence-electron chi connectivity index (χ0n) is 8.95. The van der Waals surface area contributed by atoms with Crippen LogP contribution in [-0.4, -0.2) is 42.9 Å². The summed E-state index contributed by atoms with van der Waals surface area (Å²) in [5.41, 5.74) is 0. The van der Waals surface area contributed by atoms with Gasteiger partial charge in [0.1, 0.15) is 4.88 Å². The average Bonchev–Trinajstić information content (AvgIpc) is 2.72. The molecule has 0 aliphatic carbocycles. The van der Waals surface area contributed by atoms with Crippen molar-refractivity contribution in [3.05, 3.63) is 11.1 Å². The second-order valence-corrected chi connectivity index (χ2v) is 3.87. The van der Waals surface area contributed by atoms with Crippen molar-refractivity contribution in [1.29, 1.82) is 0 Å². The summed E-state index contributed by atoms with van der Waals surface area (Å²) in [7, 11) is 2.66. The molecule has 17 heavy (non-hydrogen) atoms. The molecule has 1 rings (SSSR count). The third-order valence-electron chi connectivity index (χ3n) is 1.61. The Labute approximate surface area is 98.7 Å². The largest absolute Gasteiger partial charge is 0.460 e. The van der Waals surface area contributed by atoms with E-state index in [2.05, 4.69) is 14.6 Å². The normalized spacial score (nSPS) is 11.4. The molecule has 9 heteroatoms. The third-order valence-corrected chi connectivity index (χ3v) is 2.51. The van der Waals surface area contributed by atoms with E-state index in [0.717, 1.165) is 22.6 Å². The average molecular weight is 270 g/mol. The molecule has 0 aliphatic heterocycles. The van der Waals surface area contributed by atoms with E-state index in [-0.39, 0.29) is 10.1 Å². The highest BCUT2D eigenvalue weighted by molar-refractivity contribution is 7.15. The fourth-order valence-electron chi connectivity index (χ4n) is 0.805. The van der Waals surface area contributed by atoms with Crippen molar-refractivity contribution in [2.75, 3.05) is 20.8 Å². The summed E-state index contributed by atoms with van der Waals surface area (Å²) in [4.78, 5) is 19.8. The lowest BCUT2D eigenvalue weighted by Gasteiger charge is -2.11. The molecule has 0 N–H and O–H groups in total. The van der Waals surface area contributed by atoms with Gasteiger partial charge in [-0.1, -0.05) is 11.3 Å². The van der Waals surface area contributed by atoms with Crippen molar-refractivity contribution in [3.63, 3.8) is 0 Å². The number of thiazole rings is 1. The van der Waals surface area contributed by atoms with Crippen LogP contribution in [0.25, 0.3) is 0 Å². The van der Waals surface area contributed by atoms with Gasteiger partial charge in [-0.25, -0.2) is 10.0 Å². The van der Waals surface area contributed by atoms with E-state index >= 15 is 0 Å². The quantitative estimate of drug-likeness (QED) is 0.782. The van der Waals surface area contributed by atoms with Crippen molar-refractivity contribution in [2.24, 2.45) is 0 Å². The van der Waals surface area contributed by atoms with Crippen molar-refractivity contribution in [2.45, 2.75) is 6.18 Å². The van der Waals surface area contributed by atoms with Crippen LogP contribution in [0.3, 0.4) is 0 Å². The second kappa shape index (κ2) is 5.32. The van der Waals surface area contributed by atoms with Crippen molar-refractivity contribution < 1.29 is 27.5 Å². The van der Waals surface area contributed by atoms with Crippen LogP contribution in [0.2, 0.25) is 0 Å². The van der Waals surface area contributed by atoms with Crippen LogP contribution in [0.15, 0.2) is 6.20 Å².